The highest BCUT2D eigenvalue weighted by Crippen LogP contribution is 2.41. The Morgan fingerprint density at radius 3 is 2.53 bits per heavy atom. The van der Waals surface area contributed by atoms with Crippen LogP contribution in [0.3, 0.4) is 0 Å². The van der Waals surface area contributed by atoms with Crippen molar-refractivity contribution >= 4 is 43.6 Å². The third-order valence-corrected chi connectivity index (χ3v) is 7.43. The van der Waals surface area contributed by atoms with E-state index in [0.717, 1.165) is 34.0 Å². The van der Waals surface area contributed by atoms with Crippen LogP contribution in [0.15, 0.2) is 71.4 Å². The highest BCUT2D eigenvalue weighted by molar-refractivity contribution is 6.14. The van der Waals surface area contributed by atoms with Crippen LogP contribution in [0.2, 0.25) is 0 Å². The lowest BCUT2D eigenvalue weighted by Crippen LogP contribution is -2.12. The van der Waals surface area contributed by atoms with Crippen LogP contribution in [-0.2, 0) is 18.3 Å². The molecule has 0 saturated heterocycles. The van der Waals surface area contributed by atoms with Gasteiger partial charge in [0.05, 0.1) is 11.1 Å². The Morgan fingerprint density at radius 2 is 1.65 bits per heavy atom. The lowest BCUT2D eigenvalue weighted by atomic mass is 9.82. The van der Waals surface area contributed by atoms with Crippen LogP contribution in [0.1, 0.15) is 43.9 Å². The van der Waals surface area contributed by atoms with Crippen LogP contribution in [0.4, 0.5) is 0 Å². The predicted octanol–water partition coefficient (Wildman–Crippen LogP) is 8.14. The fraction of sp³-hybridized carbons (Fsp3) is 0.226. The molecule has 1 aliphatic carbocycles. The number of aryl methyl sites for hydroxylation is 2. The van der Waals surface area contributed by atoms with Crippen molar-refractivity contribution in [3.05, 3.63) is 83.7 Å². The van der Waals surface area contributed by atoms with Crippen molar-refractivity contribution < 1.29 is 4.42 Å². The van der Waals surface area contributed by atoms with Gasteiger partial charge in [-0.05, 0) is 87.2 Å². The van der Waals surface area contributed by atoms with E-state index in [2.05, 4.69) is 86.4 Å². The standard InChI is InChI=1S/C31H26N2O/c1-31(2,3)26-14-21(13-19-7-4-5-9-23(19)26)29-28-25-16-24-20(12-11-18-8-6-10-22(18)24)15-27(25)34-30(28)33-17-32-29/h4-5,7,9,11-17H,6,8,10H2,1-3H3. The molecule has 166 valence electrons. The second kappa shape index (κ2) is 6.89. The molecule has 0 aliphatic heterocycles. The van der Waals surface area contributed by atoms with E-state index in [1.54, 1.807) is 6.33 Å². The predicted molar refractivity (Wildman–Crippen MR) is 140 cm³/mol. The molecule has 0 bridgehead atoms. The average molecular weight is 443 g/mol. The summed E-state index contributed by atoms with van der Waals surface area (Å²) in [7, 11) is 0. The van der Waals surface area contributed by atoms with Crippen LogP contribution in [-0.4, -0.2) is 9.97 Å². The highest BCUT2D eigenvalue weighted by Gasteiger charge is 2.22. The Hall–Kier alpha value is -3.72. The summed E-state index contributed by atoms with van der Waals surface area (Å²) in [6.45, 7) is 6.82. The number of nitrogens with zero attached hydrogens (tertiary/aromatic N) is 2. The van der Waals surface area contributed by atoms with Gasteiger partial charge < -0.3 is 4.42 Å². The van der Waals surface area contributed by atoms with Gasteiger partial charge in [0, 0.05) is 10.9 Å². The van der Waals surface area contributed by atoms with Crippen LogP contribution in [0, 0.1) is 0 Å². The second-order valence-electron chi connectivity index (χ2n) is 10.6. The number of hydrogen-bond acceptors (Lipinski definition) is 3. The molecule has 0 unspecified atom stereocenters. The van der Waals surface area contributed by atoms with Crippen molar-refractivity contribution in [2.45, 2.75) is 45.4 Å². The summed E-state index contributed by atoms with van der Waals surface area (Å²) in [5.74, 6) is 0. The normalized spacial score (nSPS) is 14.0. The molecule has 7 rings (SSSR count). The van der Waals surface area contributed by atoms with Gasteiger partial charge in [-0.25, -0.2) is 9.97 Å². The van der Waals surface area contributed by atoms with Crippen molar-refractivity contribution in [2.75, 3.05) is 0 Å². The Labute approximate surface area is 198 Å². The van der Waals surface area contributed by atoms with Gasteiger partial charge in [-0.1, -0.05) is 57.2 Å². The van der Waals surface area contributed by atoms with E-state index in [0.29, 0.717) is 5.71 Å². The summed E-state index contributed by atoms with van der Waals surface area (Å²) in [6, 6.07) is 22.2. The Bertz CT molecular complexity index is 1770. The molecule has 34 heavy (non-hydrogen) atoms. The molecule has 2 aromatic heterocycles. The lowest BCUT2D eigenvalue weighted by Gasteiger charge is -2.22. The van der Waals surface area contributed by atoms with Crippen molar-refractivity contribution in [3.63, 3.8) is 0 Å². The maximum Gasteiger partial charge on any atom is 0.230 e. The van der Waals surface area contributed by atoms with Gasteiger partial charge in [0.1, 0.15) is 11.9 Å². The zero-order chi connectivity index (χ0) is 23.0. The first-order valence-corrected chi connectivity index (χ1v) is 12.1. The SMILES string of the molecule is CC(C)(C)c1cc(-c2ncnc3oc4cc5ccc6c(c5cc4c23)CCC6)cc2ccccc12. The van der Waals surface area contributed by atoms with Gasteiger partial charge >= 0.3 is 0 Å². The van der Waals surface area contributed by atoms with E-state index in [1.165, 1.54) is 51.1 Å². The quantitative estimate of drug-likeness (QED) is 0.258. The molecular formula is C31H26N2O. The summed E-state index contributed by atoms with van der Waals surface area (Å²) < 4.78 is 6.28. The number of furan rings is 1. The van der Waals surface area contributed by atoms with Gasteiger partial charge in [0.25, 0.3) is 0 Å². The number of fused-ring (bicyclic) bond motifs is 7. The van der Waals surface area contributed by atoms with E-state index >= 15 is 0 Å². The molecule has 0 spiro atoms. The number of hydrogen-bond donors (Lipinski definition) is 0. The van der Waals surface area contributed by atoms with E-state index in [-0.39, 0.29) is 5.41 Å². The largest absolute Gasteiger partial charge is 0.438 e. The first kappa shape index (κ1) is 19.7. The maximum absolute atomic E-state index is 6.28. The van der Waals surface area contributed by atoms with Crippen molar-refractivity contribution in [1.29, 1.82) is 0 Å². The molecule has 0 atom stereocenters. The molecule has 0 fully saturated rings. The molecule has 3 heteroatoms. The van der Waals surface area contributed by atoms with E-state index in [1.807, 2.05) is 0 Å². The summed E-state index contributed by atoms with van der Waals surface area (Å²) in [4.78, 5) is 9.33. The zero-order valence-corrected chi connectivity index (χ0v) is 19.8. The van der Waals surface area contributed by atoms with Gasteiger partial charge in [-0.3, -0.25) is 0 Å². The van der Waals surface area contributed by atoms with Gasteiger partial charge in [0.15, 0.2) is 0 Å². The topological polar surface area (TPSA) is 38.9 Å². The van der Waals surface area contributed by atoms with Gasteiger partial charge in [-0.2, -0.15) is 0 Å². The minimum atomic E-state index is 0.0109. The van der Waals surface area contributed by atoms with Gasteiger partial charge in [0.2, 0.25) is 5.71 Å². The molecule has 4 aromatic carbocycles. The van der Waals surface area contributed by atoms with Crippen molar-refractivity contribution in [2.24, 2.45) is 0 Å². The Morgan fingerprint density at radius 1 is 0.794 bits per heavy atom. The fourth-order valence-corrected chi connectivity index (χ4v) is 5.80. The van der Waals surface area contributed by atoms with Crippen LogP contribution < -0.4 is 0 Å². The molecular weight excluding hydrogens is 416 g/mol. The molecule has 6 aromatic rings. The molecule has 0 radical (unpaired) electrons. The molecule has 0 amide bonds. The maximum atomic E-state index is 6.28. The molecule has 3 nitrogen and oxygen atoms in total. The average Bonchev–Trinajstić information content (AvgIpc) is 3.45. The van der Waals surface area contributed by atoms with Gasteiger partial charge in [-0.15, -0.1) is 0 Å². The zero-order valence-electron chi connectivity index (χ0n) is 19.8. The lowest BCUT2D eigenvalue weighted by molar-refractivity contribution is 0.596. The minimum absolute atomic E-state index is 0.0109. The van der Waals surface area contributed by atoms with E-state index < -0.39 is 0 Å². The monoisotopic (exact) mass is 442 g/mol. The third kappa shape index (κ3) is 2.83. The summed E-state index contributed by atoms with van der Waals surface area (Å²) >= 11 is 0. The number of rotatable bonds is 1. The molecule has 1 aliphatic rings. The van der Waals surface area contributed by atoms with Crippen molar-refractivity contribution in [3.8, 4) is 11.3 Å². The van der Waals surface area contributed by atoms with Crippen LogP contribution >= 0.6 is 0 Å². The molecule has 0 saturated carbocycles. The fourth-order valence-electron chi connectivity index (χ4n) is 5.80. The third-order valence-electron chi connectivity index (χ3n) is 7.43. The Kier molecular flexibility index (Phi) is 4.00. The number of aromatic nitrogens is 2. The highest BCUT2D eigenvalue weighted by atomic mass is 16.3. The van der Waals surface area contributed by atoms with Crippen molar-refractivity contribution in [1.82, 2.24) is 9.97 Å². The first-order chi connectivity index (χ1) is 16.5. The van der Waals surface area contributed by atoms with Crippen LogP contribution in [0.25, 0.3) is 54.9 Å². The minimum Gasteiger partial charge on any atom is -0.438 e. The summed E-state index contributed by atoms with van der Waals surface area (Å²) in [5.41, 5.74) is 7.88. The summed E-state index contributed by atoms with van der Waals surface area (Å²) in [6.07, 6.45) is 5.19. The summed E-state index contributed by atoms with van der Waals surface area (Å²) in [5, 5.41) is 7.21. The van der Waals surface area contributed by atoms with E-state index in [9.17, 15) is 0 Å². The molecule has 0 N–H and O–H groups in total. The van der Waals surface area contributed by atoms with Crippen LogP contribution in [0.5, 0.6) is 0 Å². The first-order valence-electron chi connectivity index (χ1n) is 12.1. The Balaban J connectivity index is 1.57. The van der Waals surface area contributed by atoms with E-state index in [4.69, 9.17) is 9.40 Å². The smallest absolute Gasteiger partial charge is 0.230 e. The second-order valence-corrected chi connectivity index (χ2v) is 10.6. The number of benzene rings is 4. The molecule has 2 heterocycles.